The number of rotatable bonds is 4. The van der Waals surface area contributed by atoms with Crippen molar-refractivity contribution in [3.05, 3.63) is 47.0 Å². The Morgan fingerprint density at radius 3 is 2.96 bits per heavy atom. The number of benzene rings is 2. The molecule has 1 atom stereocenters. The SMILES string of the molecule is CN(Cc1ccc2c3c(cccc13)C(=O)OC2)C[C@H]1CCCCO1. The first-order chi connectivity index (χ1) is 11.7. The molecular weight excluding hydrogens is 302 g/mol. The minimum absolute atomic E-state index is 0.214. The molecule has 2 aromatic carbocycles. The van der Waals surface area contributed by atoms with Crippen molar-refractivity contribution in [2.45, 2.75) is 38.5 Å². The molecule has 0 unspecified atom stereocenters. The molecule has 0 bridgehead atoms. The summed E-state index contributed by atoms with van der Waals surface area (Å²) >= 11 is 0. The summed E-state index contributed by atoms with van der Waals surface area (Å²) in [6.45, 7) is 3.07. The van der Waals surface area contributed by atoms with Crippen LogP contribution in [0.1, 0.15) is 40.7 Å². The summed E-state index contributed by atoms with van der Waals surface area (Å²) in [5.74, 6) is -0.214. The summed E-state index contributed by atoms with van der Waals surface area (Å²) in [6, 6.07) is 10.2. The number of hydrogen-bond donors (Lipinski definition) is 0. The Morgan fingerprint density at radius 1 is 1.21 bits per heavy atom. The smallest absolute Gasteiger partial charge is 0.339 e. The molecule has 0 spiro atoms. The lowest BCUT2D eigenvalue weighted by Crippen LogP contribution is -2.33. The van der Waals surface area contributed by atoms with Gasteiger partial charge in [0.05, 0.1) is 11.7 Å². The molecule has 24 heavy (non-hydrogen) atoms. The monoisotopic (exact) mass is 325 g/mol. The topological polar surface area (TPSA) is 38.8 Å². The van der Waals surface area contributed by atoms with Gasteiger partial charge in [0, 0.05) is 25.1 Å². The fraction of sp³-hybridized carbons (Fsp3) is 0.450. The molecule has 2 heterocycles. The lowest BCUT2D eigenvalue weighted by atomic mass is 9.94. The van der Waals surface area contributed by atoms with Gasteiger partial charge in [0.25, 0.3) is 0 Å². The Labute approximate surface area is 142 Å². The maximum absolute atomic E-state index is 12.0. The van der Waals surface area contributed by atoms with Crippen molar-refractivity contribution in [1.82, 2.24) is 4.90 Å². The molecule has 126 valence electrons. The Bertz CT molecular complexity index is 765. The van der Waals surface area contributed by atoms with E-state index in [1.54, 1.807) is 0 Å². The molecule has 0 aliphatic carbocycles. The number of hydrogen-bond acceptors (Lipinski definition) is 4. The van der Waals surface area contributed by atoms with Gasteiger partial charge in [-0.3, -0.25) is 4.90 Å². The number of esters is 1. The first-order valence-corrected chi connectivity index (χ1v) is 8.73. The average molecular weight is 325 g/mol. The van der Waals surface area contributed by atoms with Gasteiger partial charge in [0.1, 0.15) is 6.61 Å². The van der Waals surface area contributed by atoms with Gasteiger partial charge >= 0.3 is 5.97 Å². The fourth-order valence-corrected chi connectivity index (χ4v) is 3.84. The molecule has 4 heteroatoms. The minimum atomic E-state index is -0.214. The van der Waals surface area contributed by atoms with Crippen LogP contribution in [0.2, 0.25) is 0 Å². The van der Waals surface area contributed by atoms with Crippen molar-refractivity contribution in [3.8, 4) is 0 Å². The Balaban J connectivity index is 1.60. The quantitative estimate of drug-likeness (QED) is 0.807. The van der Waals surface area contributed by atoms with Crippen molar-refractivity contribution >= 4 is 16.7 Å². The van der Waals surface area contributed by atoms with Gasteiger partial charge < -0.3 is 9.47 Å². The third kappa shape index (κ3) is 2.92. The van der Waals surface area contributed by atoms with Gasteiger partial charge in [-0.05, 0) is 48.9 Å². The molecule has 4 nitrogen and oxygen atoms in total. The summed E-state index contributed by atoms with van der Waals surface area (Å²) in [6.07, 6.45) is 3.95. The second kappa shape index (κ2) is 6.54. The molecule has 1 saturated heterocycles. The van der Waals surface area contributed by atoms with E-state index < -0.39 is 0 Å². The highest BCUT2D eigenvalue weighted by molar-refractivity contribution is 6.08. The van der Waals surface area contributed by atoms with E-state index in [1.165, 1.54) is 18.4 Å². The highest BCUT2D eigenvalue weighted by Gasteiger charge is 2.22. The molecule has 4 rings (SSSR count). The largest absolute Gasteiger partial charge is 0.457 e. The van der Waals surface area contributed by atoms with E-state index in [0.29, 0.717) is 18.3 Å². The second-order valence-corrected chi connectivity index (χ2v) is 6.87. The van der Waals surface area contributed by atoms with Gasteiger partial charge in [-0.15, -0.1) is 0 Å². The van der Waals surface area contributed by atoms with Crippen molar-refractivity contribution in [1.29, 1.82) is 0 Å². The zero-order valence-corrected chi connectivity index (χ0v) is 14.1. The van der Waals surface area contributed by atoms with Crippen LogP contribution in [0.4, 0.5) is 0 Å². The lowest BCUT2D eigenvalue weighted by molar-refractivity contribution is -0.00253. The number of carbonyl (C=O) groups excluding carboxylic acids is 1. The van der Waals surface area contributed by atoms with Crippen LogP contribution < -0.4 is 0 Å². The Kier molecular flexibility index (Phi) is 4.25. The molecule has 0 aromatic heterocycles. The van der Waals surface area contributed by atoms with Gasteiger partial charge in [-0.25, -0.2) is 4.79 Å². The van der Waals surface area contributed by atoms with E-state index in [1.807, 2.05) is 12.1 Å². The predicted octanol–water partition coefficient (Wildman–Crippen LogP) is 3.51. The van der Waals surface area contributed by atoms with Crippen LogP contribution in [-0.2, 0) is 22.6 Å². The number of nitrogens with zero attached hydrogens (tertiary/aromatic N) is 1. The molecule has 1 fully saturated rings. The third-order valence-electron chi connectivity index (χ3n) is 5.03. The van der Waals surface area contributed by atoms with Crippen molar-refractivity contribution in [3.63, 3.8) is 0 Å². The number of likely N-dealkylation sites (N-methyl/N-ethyl adjacent to an activating group) is 1. The summed E-state index contributed by atoms with van der Waals surface area (Å²) in [4.78, 5) is 14.3. The molecule has 2 aliphatic rings. The van der Waals surface area contributed by atoms with E-state index in [9.17, 15) is 4.79 Å². The second-order valence-electron chi connectivity index (χ2n) is 6.87. The van der Waals surface area contributed by atoms with Gasteiger partial charge in [0.2, 0.25) is 0 Å². The summed E-state index contributed by atoms with van der Waals surface area (Å²) in [7, 11) is 2.14. The Morgan fingerprint density at radius 2 is 2.12 bits per heavy atom. The van der Waals surface area contributed by atoms with Crippen LogP contribution >= 0.6 is 0 Å². The summed E-state index contributed by atoms with van der Waals surface area (Å²) in [5, 5.41) is 2.23. The number of carbonyl (C=O) groups is 1. The van der Waals surface area contributed by atoms with Crippen LogP contribution in [-0.4, -0.2) is 37.2 Å². The molecule has 2 aliphatic heterocycles. The molecular formula is C20H23NO3. The van der Waals surface area contributed by atoms with E-state index in [2.05, 4.69) is 30.1 Å². The van der Waals surface area contributed by atoms with Crippen LogP contribution in [0.3, 0.4) is 0 Å². The first-order valence-electron chi connectivity index (χ1n) is 8.73. The fourth-order valence-electron chi connectivity index (χ4n) is 3.84. The minimum Gasteiger partial charge on any atom is -0.457 e. The number of cyclic esters (lactones) is 1. The van der Waals surface area contributed by atoms with Crippen molar-refractivity contribution < 1.29 is 14.3 Å². The lowest BCUT2D eigenvalue weighted by Gasteiger charge is -2.28. The molecule has 0 saturated carbocycles. The predicted molar refractivity (Wildman–Crippen MR) is 93.0 cm³/mol. The van der Waals surface area contributed by atoms with Gasteiger partial charge in [-0.1, -0.05) is 24.3 Å². The highest BCUT2D eigenvalue weighted by atomic mass is 16.5. The van der Waals surface area contributed by atoms with E-state index in [-0.39, 0.29) is 5.97 Å². The highest BCUT2D eigenvalue weighted by Crippen LogP contribution is 2.31. The zero-order valence-electron chi connectivity index (χ0n) is 14.1. The van der Waals surface area contributed by atoms with Gasteiger partial charge in [-0.2, -0.15) is 0 Å². The Hall–Kier alpha value is -1.91. The van der Waals surface area contributed by atoms with E-state index in [0.717, 1.165) is 42.5 Å². The molecule has 0 N–H and O–H groups in total. The van der Waals surface area contributed by atoms with Crippen LogP contribution in [0.15, 0.2) is 30.3 Å². The first kappa shape index (κ1) is 15.6. The maximum Gasteiger partial charge on any atom is 0.339 e. The van der Waals surface area contributed by atoms with Crippen molar-refractivity contribution in [2.24, 2.45) is 0 Å². The van der Waals surface area contributed by atoms with Crippen molar-refractivity contribution in [2.75, 3.05) is 20.2 Å². The molecule has 0 radical (unpaired) electrons. The van der Waals surface area contributed by atoms with E-state index in [4.69, 9.17) is 9.47 Å². The zero-order chi connectivity index (χ0) is 16.5. The average Bonchev–Trinajstić information content (AvgIpc) is 2.60. The molecule has 0 amide bonds. The van der Waals surface area contributed by atoms with E-state index >= 15 is 0 Å². The maximum atomic E-state index is 12.0. The summed E-state index contributed by atoms with van der Waals surface area (Å²) < 4.78 is 11.1. The normalized spacial score (nSPS) is 20.4. The molecule has 2 aromatic rings. The summed E-state index contributed by atoms with van der Waals surface area (Å²) in [5.41, 5.74) is 3.04. The third-order valence-corrected chi connectivity index (χ3v) is 5.03. The van der Waals surface area contributed by atoms with Gasteiger partial charge in [0.15, 0.2) is 0 Å². The van der Waals surface area contributed by atoms with Crippen LogP contribution in [0.5, 0.6) is 0 Å². The number of ether oxygens (including phenoxy) is 2. The standard InChI is InChI=1S/C20H23NO3/c1-21(12-16-5-2-3-10-23-16)11-14-8-9-15-13-24-20(22)18-7-4-6-17(14)19(15)18/h4,6-9,16H,2-3,5,10-13H2,1H3/t16-/m1/s1. The van der Waals surface area contributed by atoms with Crippen LogP contribution in [0, 0.1) is 0 Å². The van der Waals surface area contributed by atoms with Crippen LogP contribution in [0.25, 0.3) is 10.8 Å².